The minimum absolute atomic E-state index is 0.0240. The summed E-state index contributed by atoms with van der Waals surface area (Å²) in [7, 11) is 0.748. The minimum Gasteiger partial charge on any atom is -0.493 e. The second-order valence-corrected chi connectivity index (χ2v) is 9.08. The molecule has 1 aliphatic rings. The summed E-state index contributed by atoms with van der Waals surface area (Å²) in [6, 6.07) is 15.8. The Bertz CT molecular complexity index is 1320. The zero-order chi connectivity index (χ0) is 24.3. The van der Waals surface area contributed by atoms with Gasteiger partial charge < -0.3 is 23.8 Å². The van der Waals surface area contributed by atoms with Gasteiger partial charge in [-0.3, -0.25) is 9.52 Å². The topological polar surface area (TPSA) is 103 Å². The van der Waals surface area contributed by atoms with Crippen LogP contribution in [-0.2, 0) is 10.0 Å². The van der Waals surface area contributed by atoms with Crippen molar-refractivity contribution in [2.75, 3.05) is 44.1 Å². The van der Waals surface area contributed by atoms with Crippen LogP contribution in [0.15, 0.2) is 65.6 Å². The molecule has 34 heavy (non-hydrogen) atoms. The van der Waals surface area contributed by atoms with E-state index in [0.717, 1.165) is 0 Å². The maximum atomic E-state index is 13.1. The predicted octanol–water partition coefficient (Wildman–Crippen LogP) is 3.55. The fourth-order valence-electron chi connectivity index (χ4n) is 3.47. The summed E-state index contributed by atoms with van der Waals surface area (Å²) >= 11 is 0. The first kappa shape index (κ1) is 23.2. The number of sulfonamides is 1. The molecule has 1 amide bonds. The third-order valence-corrected chi connectivity index (χ3v) is 6.62. The molecule has 0 saturated carbocycles. The fraction of sp³-hybridized carbons (Fsp3) is 0.208. The van der Waals surface area contributed by atoms with Crippen molar-refractivity contribution in [3.63, 3.8) is 0 Å². The molecule has 0 fully saturated rings. The Labute approximate surface area is 197 Å². The van der Waals surface area contributed by atoms with E-state index in [9.17, 15) is 13.2 Å². The van der Waals surface area contributed by atoms with E-state index in [4.69, 9.17) is 18.9 Å². The van der Waals surface area contributed by atoms with Gasteiger partial charge in [0.2, 0.25) is 0 Å². The van der Waals surface area contributed by atoms with Crippen molar-refractivity contribution in [2.24, 2.45) is 0 Å². The lowest BCUT2D eigenvalue weighted by Crippen LogP contribution is -2.26. The first-order valence-corrected chi connectivity index (χ1v) is 11.8. The van der Waals surface area contributed by atoms with Crippen molar-refractivity contribution in [1.29, 1.82) is 0 Å². The first-order chi connectivity index (χ1) is 16.3. The number of carbonyl (C=O) groups is 1. The summed E-state index contributed by atoms with van der Waals surface area (Å²) < 4.78 is 49.8. The summed E-state index contributed by atoms with van der Waals surface area (Å²) in [5.74, 6) is 1.57. The minimum atomic E-state index is -3.92. The van der Waals surface area contributed by atoms with Gasteiger partial charge in [-0.05, 0) is 42.5 Å². The van der Waals surface area contributed by atoms with E-state index < -0.39 is 10.0 Å². The van der Waals surface area contributed by atoms with Crippen LogP contribution in [0.5, 0.6) is 23.0 Å². The molecule has 1 heterocycles. The molecule has 1 aliphatic heterocycles. The maximum Gasteiger partial charge on any atom is 0.262 e. The fourth-order valence-corrected chi connectivity index (χ4v) is 4.53. The molecule has 3 aromatic carbocycles. The van der Waals surface area contributed by atoms with Gasteiger partial charge in [0.15, 0.2) is 23.0 Å². The first-order valence-electron chi connectivity index (χ1n) is 10.3. The van der Waals surface area contributed by atoms with Crippen molar-refractivity contribution in [3.05, 3.63) is 66.2 Å². The Morgan fingerprint density at radius 2 is 1.65 bits per heavy atom. The zero-order valence-corrected chi connectivity index (χ0v) is 19.7. The maximum absolute atomic E-state index is 13.1. The molecule has 10 heteroatoms. The monoisotopic (exact) mass is 484 g/mol. The molecule has 0 atom stereocenters. The van der Waals surface area contributed by atoms with Crippen LogP contribution >= 0.6 is 0 Å². The molecule has 0 unspecified atom stereocenters. The van der Waals surface area contributed by atoms with Crippen molar-refractivity contribution >= 4 is 27.3 Å². The van der Waals surface area contributed by atoms with E-state index in [-0.39, 0.29) is 16.5 Å². The van der Waals surface area contributed by atoms with E-state index in [1.165, 1.54) is 37.3 Å². The number of amides is 1. The average Bonchev–Trinajstić information content (AvgIpc) is 2.87. The second-order valence-electron chi connectivity index (χ2n) is 7.40. The molecule has 9 nitrogen and oxygen atoms in total. The van der Waals surface area contributed by atoms with E-state index in [1.54, 1.807) is 49.5 Å². The third-order valence-electron chi connectivity index (χ3n) is 5.24. The number of nitrogens with zero attached hydrogens (tertiary/aromatic N) is 1. The van der Waals surface area contributed by atoms with Crippen molar-refractivity contribution < 1.29 is 32.2 Å². The normalized spacial score (nSPS) is 12.6. The number of hydrogen-bond donors (Lipinski definition) is 1. The smallest absolute Gasteiger partial charge is 0.262 e. The van der Waals surface area contributed by atoms with Gasteiger partial charge in [-0.2, -0.15) is 0 Å². The molecule has 0 aliphatic carbocycles. The molecule has 0 saturated heterocycles. The number of hydrogen-bond acceptors (Lipinski definition) is 7. The van der Waals surface area contributed by atoms with Gasteiger partial charge >= 0.3 is 0 Å². The number of benzene rings is 3. The number of ether oxygens (including phenoxy) is 4. The number of carbonyl (C=O) groups excluding carboxylic acids is 1. The summed E-state index contributed by atoms with van der Waals surface area (Å²) in [6.07, 6.45) is 0. The number of fused-ring (bicyclic) bond motifs is 1. The summed E-state index contributed by atoms with van der Waals surface area (Å²) in [5.41, 5.74) is 1.14. The van der Waals surface area contributed by atoms with Crippen LogP contribution in [-0.4, -0.2) is 48.8 Å². The molecule has 3 aromatic rings. The molecule has 178 valence electrons. The number of rotatable bonds is 7. The van der Waals surface area contributed by atoms with Gasteiger partial charge in [0.05, 0.1) is 19.1 Å². The Morgan fingerprint density at radius 1 is 0.912 bits per heavy atom. The Hall–Kier alpha value is -3.92. The van der Waals surface area contributed by atoms with Crippen molar-refractivity contribution in [1.82, 2.24) is 0 Å². The third kappa shape index (κ3) is 4.72. The van der Waals surface area contributed by atoms with Crippen LogP contribution in [0.2, 0.25) is 0 Å². The van der Waals surface area contributed by atoms with Gasteiger partial charge in [0.25, 0.3) is 15.9 Å². The van der Waals surface area contributed by atoms with Gasteiger partial charge in [-0.25, -0.2) is 8.42 Å². The number of methoxy groups -OCH3 is 2. The molecule has 0 aromatic heterocycles. The van der Waals surface area contributed by atoms with E-state index >= 15 is 0 Å². The Kier molecular flexibility index (Phi) is 6.51. The highest BCUT2D eigenvalue weighted by Crippen LogP contribution is 2.33. The van der Waals surface area contributed by atoms with Gasteiger partial charge in [0, 0.05) is 36.1 Å². The second kappa shape index (κ2) is 9.52. The van der Waals surface area contributed by atoms with Crippen molar-refractivity contribution in [2.45, 2.75) is 4.90 Å². The number of nitrogens with one attached hydrogen (secondary N) is 1. The molecular formula is C24H24N2O7S. The molecule has 1 N–H and O–H groups in total. The van der Waals surface area contributed by atoms with E-state index in [2.05, 4.69) is 4.72 Å². The molecule has 0 bridgehead atoms. The van der Waals surface area contributed by atoms with Crippen LogP contribution in [0, 0.1) is 0 Å². The van der Waals surface area contributed by atoms with E-state index in [0.29, 0.717) is 47.5 Å². The average molecular weight is 485 g/mol. The SMILES string of the molecule is COc1ccc(N(C)C(=O)c2cccc(NS(=O)(=O)c3ccc4c(c3)OCCO4)c2)cc1OC. The van der Waals surface area contributed by atoms with Gasteiger partial charge in [-0.1, -0.05) is 6.07 Å². The highest BCUT2D eigenvalue weighted by Gasteiger charge is 2.21. The zero-order valence-electron chi connectivity index (χ0n) is 18.9. The summed E-state index contributed by atoms with van der Waals surface area (Å²) in [4.78, 5) is 14.6. The molecule has 4 rings (SSSR count). The summed E-state index contributed by atoms with van der Waals surface area (Å²) in [5, 5.41) is 0. The van der Waals surface area contributed by atoms with Gasteiger partial charge in [0.1, 0.15) is 13.2 Å². The van der Waals surface area contributed by atoms with Crippen LogP contribution in [0.25, 0.3) is 0 Å². The number of anilines is 2. The molecule has 0 spiro atoms. The van der Waals surface area contributed by atoms with Crippen LogP contribution < -0.4 is 28.6 Å². The largest absolute Gasteiger partial charge is 0.493 e. The van der Waals surface area contributed by atoms with Gasteiger partial charge in [-0.15, -0.1) is 0 Å². The van der Waals surface area contributed by atoms with Crippen molar-refractivity contribution in [3.8, 4) is 23.0 Å². The Balaban J connectivity index is 1.55. The van der Waals surface area contributed by atoms with E-state index in [1.807, 2.05) is 0 Å². The Morgan fingerprint density at radius 3 is 2.38 bits per heavy atom. The van der Waals surface area contributed by atoms with Crippen LogP contribution in [0.4, 0.5) is 11.4 Å². The predicted molar refractivity (Wildman–Crippen MR) is 127 cm³/mol. The highest BCUT2D eigenvalue weighted by molar-refractivity contribution is 7.92. The quantitative estimate of drug-likeness (QED) is 0.547. The molecular weight excluding hydrogens is 460 g/mol. The highest BCUT2D eigenvalue weighted by atomic mass is 32.2. The summed E-state index contributed by atoms with van der Waals surface area (Å²) in [6.45, 7) is 0.762. The molecule has 0 radical (unpaired) electrons. The van der Waals surface area contributed by atoms with Crippen LogP contribution in [0.1, 0.15) is 10.4 Å². The lowest BCUT2D eigenvalue weighted by molar-refractivity contribution is 0.0993. The lowest BCUT2D eigenvalue weighted by Gasteiger charge is -2.20. The van der Waals surface area contributed by atoms with Crippen LogP contribution in [0.3, 0.4) is 0 Å². The lowest BCUT2D eigenvalue weighted by atomic mass is 10.1. The standard InChI is InChI=1S/C24H24N2O7S/c1-26(18-7-9-20(30-2)22(14-18)31-3)24(27)16-5-4-6-17(13-16)25-34(28,29)19-8-10-21-23(15-19)33-12-11-32-21/h4-10,13-15,25H,11-12H2,1-3H3.